The highest BCUT2D eigenvalue weighted by molar-refractivity contribution is 7.92. The fourth-order valence-corrected chi connectivity index (χ4v) is 5.12. The Labute approximate surface area is 163 Å². The van der Waals surface area contributed by atoms with E-state index in [2.05, 4.69) is 10.6 Å². The van der Waals surface area contributed by atoms with Crippen molar-refractivity contribution in [1.29, 1.82) is 0 Å². The van der Waals surface area contributed by atoms with Crippen molar-refractivity contribution in [3.63, 3.8) is 0 Å². The SMILES string of the molecule is CCCCCS(=O)(=O)CC(=O)NC1CCN(C(=O)NC2CCCCC2)CC1. The summed E-state index contributed by atoms with van der Waals surface area (Å²) in [4.78, 5) is 26.2. The van der Waals surface area contributed by atoms with Gasteiger partial charge in [0.2, 0.25) is 5.91 Å². The Balaban J connectivity index is 1.67. The van der Waals surface area contributed by atoms with Gasteiger partial charge in [-0.05, 0) is 32.1 Å². The van der Waals surface area contributed by atoms with Gasteiger partial charge in [-0.15, -0.1) is 0 Å². The predicted octanol–water partition coefficient (Wildman–Crippen LogP) is 2.21. The Morgan fingerprint density at radius 2 is 1.56 bits per heavy atom. The highest BCUT2D eigenvalue weighted by Gasteiger charge is 2.26. The van der Waals surface area contributed by atoms with Crippen molar-refractivity contribution in [2.75, 3.05) is 24.6 Å². The van der Waals surface area contributed by atoms with Crippen LogP contribution in [0.1, 0.15) is 71.1 Å². The number of nitrogens with zero attached hydrogens (tertiary/aromatic N) is 1. The minimum Gasteiger partial charge on any atom is -0.352 e. The lowest BCUT2D eigenvalue weighted by Gasteiger charge is -2.34. The van der Waals surface area contributed by atoms with E-state index in [1.807, 2.05) is 6.92 Å². The van der Waals surface area contributed by atoms with E-state index in [0.29, 0.717) is 38.4 Å². The maximum atomic E-state index is 12.4. The van der Waals surface area contributed by atoms with Crippen molar-refractivity contribution >= 4 is 21.8 Å². The quantitative estimate of drug-likeness (QED) is 0.610. The number of rotatable bonds is 8. The van der Waals surface area contributed by atoms with Crippen molar-refractivity contribution in [2.24, 2.45) is 0 Å². The number of nitrogens with one attached hydrogen (secondary N) is 2. The molecule has 1 saturated heterocycles. The number of urea groups is 1. The smallest absolute Gasteiger partial charge is 0.317 e. The first-order valence-electron chi connectivity index (χ1n) is 10.4. The second-order valence-electron chi connectivity index (χ2n) is 7.91. The normalized spacial score (nSPS) is 19.7. The lowest BCUT2D eigenvalue weighted by molar-refractivity contribution is -0.119. The van der Waals surface area contributed by atoms with Crippen LogP contribution in [0.2, 0.25) is 0 Å². The fourth-order valence-electron chi connectivity index (χ4n) is 3.85. The molecule has 2 aliphatic rings. The molecule has 0 spiro atoms. The largest absolute Gasteiger partial charge is 0.352 e. The third kappa shape index (κ3) is 8.07. The molecular formula is C19H35N3O4S. The Morgan fingerprint density at radius 3 is 2.19 bits per heavy atom. The maximum Gasteiger partial charge on any atom is 0.317 e. The van der Waals surface area contributed by atoms with Crippen LogP contribution in [-0.2, 0) is 14.6 Å². The molecule has 0 atom stereocenters. The summed E-state index contributed by atoms with van der Waals surface area (Å²) in [5, 5.41) is 5.95. The Hall–Kier alpha value is -1.31. The van der Waals surface area contributed by atoms with Crippen molar-refractivity contribution in [2.45, 2.75) is 83.2 Å². The van der Waals surface area contributed by atoms with Gasteiger partial charge in [-0.2, -0.15) is 0 Å². The number of carbonyl (C=O) groups excluding carboxylic acids is 2. The third-order valence-electron chi connectivity index (χ3n) is 5.49. The van der Waals surface area contributed by atoms with E-state index in [-0.39, 0.29) is 17.8 Å². The zero-order chi connectivity index (χ0) is 19.7. The molecule has 0 radical (unpaired) electrons. The maximum absolute atomic E-state index is 12.4. The van der Waals surface area contributed by atoms with Crippen LogP contribution in [0.25, 0.3) is 0 Å². The number of sulfone groups is 1. The van der Waals surface area contributed by atoms with Crippen molar-refractivity contribution in [1.82, 2.24) is 15.5 Å². The average molecular weight is 402 g/mol. The third-order valence-corrected chi connectivity index (χ3v) is 7.10. The predicted molar refractivity (Wildman–Crippen MR) is 106 cm³/mol. The lowest BCUT2D eigenvalue weighted by Crippen LogP contribution is -2.52. The zero-order valence-corrected chi connectivity index (χ0v) is 17.4. The van der Waals surface area contributed by atoms with Crippen LogP contribution in [0.5, 0.6) is 0 Å². The van der Waals surface area contributed by atoms with Gasteiger partial charge in [-0.25, -0.2) is 13.2 Å². The molecule has 2 N–H and O–H groups in total. The van der Waals surface area contributed by atoms with Crippen molar-refractivity contribution in [3.8, 4) is 0 Å². The number of hydrogen-bond acceptors (Lipinski definition) is 4. The first-order chi connectivity index (χ1) is 12.9. The molecule has 2 fully saturated rings. The molecule has 156 valence electrons. The van der Waals surface area contributed by atoms with E-state index < -0.39 is 21.5 Å². The molecule has 0 aromatic carbocycles. The van der Waals surface area contributed by atoms with Crippen LogP contribution < -0.4 is 10.6 Å². The molecule has 0 unspecified atom stereocenters. The van der Waals surface area contributed by atoms with Crippen LogP contribution in [0.4, 0.5) is 4.79 Å². The molecule has 3 amide bonds. The molecule has 0 bridgehead atoms. The highest BCUT2D eigenvalue weighted by Crippen LogP contribution is 2.18. The summed E-state index contributed by atoms with van der Waals surface area (Å²) in [7, 11) is -3.33. The number of carbonyl (C=O) groups is 2. The molecule has 8 heteroatoms. The number of piperidine rings is 1. The molecule has 27 heavy (non-hydrogen) atoms. The minimum atomic E-state index is -3.33. The van der Waals surface area contributed by atoms with Crippen LogP contribution in [-0.4, -0.2) is 61.9 Å². The number of amides is 3. The monoisotopic (exact) mass is 401 g/mol. The van der Waals surface area contributed by atoms with Crippen LogP contribution in [0.15, 0.2) is 0 Å². The Morgan fingerprint density at radius 1 is 0.926 bits per heavy atom. The first-order valence-corrected chi connectivity index (χ1v) is 12.3. The second kappa shape index (κ2) is 10.9. The van der Waals surface area contributed by atoms with Crippen LogP contribution >= 0.6 is 0 Å². The standard InChI is InChI=1S/C19H35N3O4S/c1-2-3-7-14-27(25,26)15-18(23)20-17-10-12-22(13-11-17)19(24)21-16-8-5-4-6-9-16/h16-17H,2-15H2,1H3,(H,20,23)(H,21,24). The molecule has 1 heterocycles. The summed E-state index contributed by atoms with van der Waals surface area (Å²) < 4.78 is 23.9. The topological polar surface area (TPSA) is 95.6 Å². The number of likely N-dealkylation sites (tertiary alicyclic amines) is 1. The molecule has 1 saturated carbocycles. The summed E-state index contributed by atoms with van der Waals surface area (Å²) in [6.07, 6.45) is 9.50. The molecule has 1 aliphatic carbocycles. The van der Waals surface area contributed by atoms with Gasteiger partial charge in [0.1, 0.15) is 5.75 Å². The molecule has 1 aliphatic heterocycles. The van der Waals surface area contributed by atoms with E-state index in [0.717, 1.165) is 25.7 Å². The van der Waals surface area contributed by atoms with E-state index in [1.54, 1.807) is 4.90 Å². The van der Waals surface area contributed by atoms with Gasteiger partial charge in [0.15, 0.2) is 9.84 Å². The van der Waals surface area contributed by atoms with Crippen molar-refractivity contribution < 1.29 is 18.0 Å². The van der Waals surface area contributed by atoms with Gasteiger partial charge < -0.3 is 15.5 Å². The van der Waals surface area contributed by atoms with Gasteiger partial charge in [0.05, 0.1) is 5.75 Å². The molecule has 0 aromatic rings. The van der Waals surface area contributed by atoms with Crippen LogP contribution in [0, 0.1) is 0 Å². The second-order valence-corrected chi connectivity index (χ2v) is 10.1. The first kappa shape index (κ1) is 22.0. The zero-order valence-electron chi connectivity index (χ0n) is 16.5. The molecule has 0 aromatic heterocycles. The van der Waals surface area contributed by atoms with Gasteiger partial charge in [0, 0.05) is 25.2 Å². The summed E-state index contributed by atoms with van der Waals surface area (Å²) in [6.45, 7) is 3.20. The van der Waals surface area contributed by atoms with E-state index in [1.165, 1.54) is 19.3 Å². The highest BCUT2D eigenvalue weighted by atomic mass is 32.2. The lowest BCUT2D eigenvalue weighted by atomic mass is 9.95. The van der Waals surface area contributed by atoms with E-state index in [4.69, 9.17) is 0 Å². The molecule has 7 nitrogen and oxygen atoms in total. The fraction of sp³-hybridized carbons (Fsp3) is 0.895. The van der Waals surface area contributed by atoms with Gasteiger partial charge in [-0.1, -0.05) is 39.0 Å². The van der Waals surface area contributed by atoms with Gasteiger partial charge >= 0.3 is 6.03 Å². The minimum absolute atomic E-state index is 0.00909. The molecule has 2 rings (SSSR count). The summed E-state index contributed by atoms with van der Waals surface area (Å²) in [5.41, 5.74) is 0. The number of hydrogen-bond donors (Lipinski definition) is 2. The summed E-state index contributed by atoms with van der Waals surface area (Å²) in [6, 6.07) is 0.230. The van der Waals surface area contributed by atoms with E-state index >= 15 is 0 Å². The van der Waals surface area contributed by atoms with E-state index in [9.17, 15) is 18.0 Å². The van der Waals surface area contributed by atoms with Crippen LogP contribution in [0.3, 0.4) is 0 Å². The van der Waals surface area contributed by atoms with Gasteiger partial charge in [-0.3, -0.25) is 4.79 Å². The average Bonchev–Trinajstić information content (AvgIpc) is 2.62. The molecular weight excluding hydrogens is 366 g/mol. The number of unbranched alkanes of at least 4 members (excludes halogenated alkanes) is 2. The van der Waals surface area contributed by atoms with Crippen molar-refractivity contribution in [3.05, 3.63) is 0 Å². The van der Waals surface area contributed by atoms with Gasteiger partial charge in [0.25, 0.3) is 0 Å². The Kier molecular flexibility index (Phi) is 8.86. The Bertz CT molecular complexity index is 580. The summed E-state index contributed by atoms with van der Waals surface area (Å²) >= 11 is 0. The summed E-state index contributed by atoms with van der Waals surface area (Å²) in [5.74, 6) is -0.774.